The van der Waals surface area contributed by atoms with Crippen molar-refractivity contribution in [1.82, 2.24) is 0 Å². The predicted octanol–water partition coefficient (Wildman–Crippen LogP) is 5.69. The maximum Gasteiger partial charge on any atom is 0.306 e. The SMILES string of the molecule is CCCCCCCCCCC(=O)O[C@H](C)Cc1ccccc1. The Balaban J connectivity index is 2.01. The van der Waals surface area contributed by atoms with Crippen LogP contribution in [0.1, 0.15) is 77.2 Å². The van der Waals surface area contributed by atoms with Crippen molar-refractivity contribution in [3.05, 3.63) is 35.9 Å². The number of esters is 1. The average molecular weight is 304 g/mol. The predicted molar refractivity (Wildman–Crippen MR) is 92.9 cm³/mol. The third kappa shape index (κ3) is 9.59. The highest BCUT2D eigenvalue weighted by molar-refractivity contribution is 5.69. The molecule has 0 unspecified atom stereocenters. The molecule has 0 bridgehead atoms. The molecular formula is C20H32O2. The Morgan fingerprint density at radius 1 is 0.955 bits per heavy atom. The Morgan fingerprint density at radius 2 is 1.55 bits per heavy atom. The van der Waals surface area contributed by atoms with Crippen LogP contribution in [0.4, 0.5) is 0 Å². The van der Waals surface area contributed by atoms with Gasteiger partial charge in [0.1, 0.15) is 6.10 Å². The van der Waals surface area contributed by atoms with Gasteiger partial charge in [0.05, 0.1) is 0 Å². The van der Waals surface area contributed by atoms with Crippen LogP contribution in [0.3, 0.4) is 0 Å². The van der Waals surface area contributed by atoms with E-state index in [0.717, 1.165) is 19.3 Å². The van der Waals surface area contributed by atoms with Crippen LogP contribution in [-0.4, -0.2) is 12.1 Å². The molecule has 0 aliphatic rings. The first-order valence-electron chi connectivity index (χ1n) is 8.95. The molecule has 1 rings (SSSR count). The van der Waals surface area contributed by atoms with Crippen LogP contribution in [0.2, 0.25) is 0 Å². The van der Waals surface area contributed by atoms with E-state index in [1.165, 1.54) is 44.1 Å². The number of hydrogen-bond donors (Lipinski definition) is 0. The van der Waals surface area contributed by atoms with E-state index in [4.69, 9.17) is 4.74 Å². The van der Waals surface area contributed by atoms with Crippen molar-refractivity contribution in [3.63, 3.8) is 0 Å². The van der Waals surface area contributed by atoms with E-state index in [0.29, 0.717) is 6.42 Å². The molecule has 0 radical (unpaired) electrons. The molecule has 0 saturated carbocycles. The first-order valence-corrected chi connectivity index (χ1v) is 8.95. The molecule has 22 heavy (non-hydrogen) atoms. The molecular weight excluding hydrogens is 272 g/mol. The second-order valence-electron chi connectivity index (χ2n) is 6.22. The summed E-state index contributed by atoms with van der Waals surface area (Å²) in [7, 11) is 0. The minimum atomic E-state index is -0.0468. The summed E-state index contributed by atoms with van der Waals surface area (Å²) in [5, 5.41) is 0. The topological polar surface area (TPSA) is 26.3 Å². The fraction of sp³-hybridized carbons (Fsp3) is 0.650. The van der Waals surface area contributed by atoms with Crippen LogP contribution in [0, 0.1) is 0 Å². The molecule has 0 fully saturated rings. The van der Waals surface area contributed by atoms with Gasteiger partial charge in [-0.25, -0.2) is 0 Å². The molecule has 1 atom stereocenters. The lowest BCUT2D eigenvalue weighted by Gasteiger charge is -2.13. The minimum absolute atomic E-state index is 0.0380. The zero-order chi connectivity index (χ0) is 16.0. The lowest BCUT2D eigenvalue weighted by molar-refractivity contribution is -0.148. The van der Waals surface area contributed by atoms with Gasteiger partial charge in [-0.3, -0.25) is 4.79 Å². The van der Waals surface area contributed by atoms with Gasteiger partial charge in [0.25, 0.3) is 0 Å². The van der Waals surface area contributed by atoms with Crippen LogP contribution in [0.15, 0.2) is 30.3 Å². The Kier molecular flexibility index (Phi) is 10.4. The summed E-state index contributed by atoms with van der Waals surface area (Å²) in [5.74, 6) is -0.0468. The fourth-order valence-electron chi connectivity index (χ4n) is 2.67. The third-order valence-electron chi connectivity index (χ3n) is 3.93. The number of carbonyl (C=O) groups is 1. The number of benzene rings is 1. The summed E-state index contributed by atoms with van der Waals surface area (Å²) in [6.07, 6.45) is 11.3. The smallest absolute Gasteiger partial charge is 0.306 e. The molecule has 2 nitrogen and oxygen atoms in total. The van der Waals surface area contributed by atoms with E-state index >= 15 is 0 Å². The summed E-state index contributed by atoms with van der Waals surface area (Å²) < 4.78 is 5.48. The van der Waals surface area contributed by atoms with Crippen LogP contribution in [0.25, 0.3) is 0 Å². The second-order valence-corrected chi connectivity index (χ2v) is 6.22. The molecule has 0 spiro atoms. The van der Waals surface area contributed by atoms with E-state index < -0.39 is 0 Å². The van der Waals surface area contributed by atoms with E-state index in [9.17, 15) is 4.79 Å². The molecule has 0 aliphatic heterocycles. The summed E-state index contributed by atoms with van der Waals surface area (Å²) in [6.45, 7) is 4.21. The van der Waals surface area contributed by atoms with E-state index in [-0.39, 0.29) is 12.1 Å². The number of unbranched alkanes of at least 4 members (excludes halogenated alkanes) is 7. The molecule has 2 heteroatoms. The largest absolute Gasteiger partial charge is 0.462 e. The molecule has 0 amide bonds. The molecule has 1 aromatic rings. The monoisotopic (exact) mass is 304 g/mol. The normalized spacial score (nSPS) is 12.1. The highest BCUT2D eigenvalue weighted by Crippen LogP contribution is 2.11. The van der Waals surface area contributed by atoms with Crippen molar-refractivity contribution in [2.24, 2.45) is 0 Å². The van der Waals surface area contributed by atoms with Gasteiger partial charge in [0.2, 0.25) is 0 Å². The number of carbonyl (C=O) groups excluding carboxylic acids is 1. The number of hydrogen-bond acceptors (Lipinski definition) is 2. The first kappa shape index (κ1) is 18.7. The van der Waals surface area contributed by atoms with Crippen molar-refractivity contribution in [1.29, 1.82) is 0 Å². The van der Waals surface area contributed by atoms with E-state index in [1.54, 1.807) is 0 Å². The molecule has 0 aliphatic carbocycles. The van der Waals surface area contributed by atoms with Gasteiger partial charge in [0, 0.05) is 12.8 Å². The standard InChI is InChI=1S/C20H32O2/c1-3-4-5-6-7-8-9-13-16-20(21)22-18(2)17-19-14-11-10-12-15-19/h10-12,14-15,18H,3-9,13,16-17H2,1-2H3/t18-/m1/s1. The Morgan fingerprint density at radius 3 is 2.18 bits per heavy atom. The lowest BCUT2D eigenvalue weighted by Crippen LogP contribution is -2.17. The van der Waals surface area contributed by atoms with Gasteiger partial charge in [-0.05, 0) is 18.9 Å². The summed E-state index contributed by atoms with van der Waals surface area (Å²) >= 11 is 0. The lowest BCUT2D eigenvalue weighted by atomic mass is 10.1. The van der Waals surface area contributed by atoms with Gasteiger partial charge < -0.3 is 4.74 Å². The van der Waals surface area contributed by atoms with E-state index in [2.05, 4.69) is 19.1 Å². The van der Waals surface area contributed by atoms with Crippen molar-refractivity contribution in [2.75, 3.05) is 0 Å². The second kappa shape index (κ2) is 12.3. The number of rotatable bonds is 12. The minimum Gasteiger partial charge on any atom is -0.462 e. The molecule has 0 N–H and O–H groups in total. The maximum absolute atomic E-state index is 11.8. The van der Waals surface area contributed by atoms with Gasteiger partial charge in [-0.15, -0.1) is 0 Å². The maximum atomic E-state index is 11.8. The molecule has 0 aromatic heterocycles. The summed E-state index contributed by atoms with van der Waals surface area (Å²) in [6, 6.07) is 10.2. The third-order valence-corrected chi connectivity index (χ3v) is 3.93. The van der Waals surface area contributed by atoms with Crippen molar-refractivity contribution >= 4 is 5.97 Å². The van der Waals surface area contributed by atoms with Gasteiger partial charge in [-0.1, -0.05) is 82.2 Å². The number of ether oxygens (including phenoxy) is 1. The van der Waals surface area contributed by atoms with Crippen LogP contribution < -0.4 is 0 Å². The first-order chi connectivity index (χ1) is 10.7. The fourth-order valence-corrected chi connectivity index (χ4v) is 2.67. The van der Waals surface area contributed by atoms with Crippen molar-refractivity contribution < 1.29 is 9.53 Å². The van der Waals surface area contributed by atoms with Gasteiger partial charge >= 0.3 is 5.97 Å². The Hall–Kier alpha value is -1.31. The summed E-state index contributed by atoms with van der Waals surface area (Å²) in [4.78, 5) is 11.8. The Labute approximate surface area is 136 Å². The van der Waals surface area contributed by atoms with Gasteiger partial charge in [-0.2, -0.15) is 0 Å². The molecule has 124 valence electrons. The molecule has 1 aromatic carbocycles. The van der Waals surface area contributed by atoms with Crippen LogP contribution in [-0.2, 0) is 16.0 Å². The quantitative estimate of drug-likeness (QED) is 0.366. The summed E-state index contributed by atoms with van der Waals surface area (Å²) in [5.41, 5.74) is 1.22. The van der Waals surface area contributed by atoms with Gasteiger partial charge in [0.15, 0.2) is 0 Å². The zero-order valence-corrected chi connectivity index (χ0v) is 14.4. The van der Waals surface area contributed by atoms with Crippen molar-refractivity contribution in [3.8, 4) is 0 Å². The zero-order valence-electron chi connectivity index (χ0n) is 14.4. The highest BCUT2D eigenvalue weighted by atomic mass is 16.5. The van der Waals surface area contributed by atoms with Crippen LogP contribution >= 0.6 is 0 Å². The highest BCUT2D eigenvalue weighted by Gasteiger charge is 2.09. The van der Waals surface area contributed by atoms with Crippen LogP contribution in [0.5, 0.6) is 0 Å². The van der Waals surface area contributed by atoms with Crippen molar-refractivity contribution in [2.45, 2.75) is 84.2 Å². The Bertz CT molecular complexity index is 386. The van der Waals surface area contributed by atoms with E-state index in [1.807, 2.05) is 25.1 Å². The average Bonchev–Trinajstić information content (AvgIpc) is 2.50. The molecule has 0 saturated heterocycles. The molecule has 0 heterocycles.